The van der Waals surface area contributed by atoms with Crippen molar-refractivity contribution >= 4 is 17.6 Å². The van der Waals surface area contributed by atoms with Gasteiger partial charge in [0.05, 0.1) is 6.61 Å². The molecule has 0 bridgehead atoms. The Morgan fingerprint density at radius 2 is 1.94 bits per heavy atom. The Balaban J connectivity index is 2.96. The number of rotatable bonds is 2. The number of amides is 1. The summed E-state index contributed by atoms with van der Waals surface area (Å²) in [5.41, 5.74) is 2.70. The SMILES string of the molecule is CCOC(=O)C(=O)N(C)c1cc(C)ccc1C. The predicted octanol–water partition coefficient (Wildman–Crippen LogP) is 1.83. The smallest absolute Gasteiger partial charge is 0.397 e. The summed E-state index contributed by atoms with van der Waals surface area (Å²) < 4.78 is 4.69. The lowest BCUT2D eigenvalue weighted by Crippen LogP contribution is -2.35. The molecule has 0 aromatic heterocycles. The first-order valence-corrected chi connectivity index (χ1v) is 5.49. The number of likely N-dealkylation sites (N-methyl/N-ethyl adjacent to an activating group) is 1. The maximum Gasteiger partial charge on any atom is 0.397 e. The molecule has 0 fully saturated rings. The van der Waals surface area contributed by atoms with E-state index in [2.05, 4.69) is 4.74 Å². The predicted molar refractivity (Wildman–Crippen MR) is 66.0 cm³/mol. The molecule has 0 heterocycles. The fourth-order valence-corrected chi connectivity index (χ4v) is 1.52. The van der Waals surface area contributed by atoms with Crippen LogP contribution in [-0.2, 0) is 14.3 Å². The normalized spacial score (nSPS) is 9.88. The maximum atomic E-state index is 11.7. The van der Waals surface area contributed by atoms with Crippen molar-refractivity contribution in [1.29, 1.82) is 0 Å². The highest BCUT2D eigenvalue weighted by Crippen LogP contribution is 2.20. The van der Waals surface area contributed by atoms with Crippen LogP contribution in [0.15, 0.2) is 18.2 Å². The van der Waals surface area contributed by atoms with Gasteiger partial charge >= 0.3 is 11.9 Å². The van der Waals surface area contributed by atoms with E-state index in [1.807, 2.05) is 32.0 Å². The van der Waals surface area contributed by atoms with Crippen LogP contribution in [0.4, 0.5) is 5.69 Å². The molecule has 0 spiro atoms. The second-order valence-corrected chi connectivity index (χ2v) is 3.87. The first kappa shape index (κ1) is 13.2. The summed E-state index contributed by atoms with van der Waals surface area (Å²) in [5, 5.41) is 0. The van der Waals surface area contributed by atoms with Crippen LogP contribution in [0.3, 0.4) is 0 Å². The van der Waals surface area contributed by atoms with Gasteiger partial charge in [0, 0.05) is 12.7 Å². The van der Waals surface area contributed by atoms with E-state index in [1.54, 1.807) is 14.0 Å². The van der Waals surface area contributed by atoms with Gasteiger partial charge in [-0.15, -0.1) is 0 Å². The van der Waals surface area contributed by atoms with Crippen LogP contribution in [0.25, 0.3) is 0 Å². The summed E-state index contributed by atoms with van der Waals surface area (Å²) in [4.78, 5) is 24.4. The highest BCUT2D eigenvalue weighted by atomic mass is 16.5. The zero-order chi connectivity index (χ0) is 13.0. The van der Waals surface area contributed by atoms with Gasteiger partial charge in [0.2, 0.25) is 0 Å². The van der Waals surface area contributed by atoms with Crippen LogP contribution in [0.5, 0.6) is 0 Å². The summed E-state index contributed by atoms with van der Waals surface area (Å²) >= 11 is 0. The fourth-order valence-electron chi connectivity index (χ4n) is 1.52. The zero-order valence-electron chi connectivity index (χ0n) is 10.6. The number of benzene rings is 1. The Morgan fingerprint density at radius 1 is 1.29 bits per heavy atom. The molecule has 4 nitrogen and oxygen atoms in total. The van der Waals surface area contributed by atoms with Gasteiger partial charge in [-0.05, 0) is 38.0 Å². The van der Waals surface area contributed by atoms with E-state index in [0.717, 1.165) is 16.8 Å². The van der Waals surface area contributed by atoms with Crippen LogP contribution in [0.1, 0.15) is 18.1 Å². The minimum Gasteiger partial charge on any atom is -0.459 e. The van der Waals surface area contributed by atoms with Crippen LogP contribution in [0.2, 0.25) is 0 Å². The number of hydrogen-bond acceptors (Lipinski definition) is 3. The summed E-state index contributed by atoms with van der Waals surface area (Å²) in [6.45, 7) is 5.70. The van der Waals surface area contributed by atoms with E-state index in [4.69, 9.17) is 0 Å². The number of carbonyl (C=O) groups excluding carboxylic acids is 2. The molecule has 0 radical (unpaired) electrons. The van der Waals surface area contributed by atoms with Gasteiger partial charge in [-0.2, -0.15) is 0 Å². The number of esters is 1. The van der Waals surface area contributed by atoms with Gasteiger partial charge in [-0.25, -0.2) is 4.79 Å². The van der Waals surface area contributed by atoms with Crippen molar-refractivity contribution in [3.8, 4) is 0 Å². The fraction of sp³-hybridized carbons (Fsp3) is 0.385. The van der Waals surface area contributed by atoms with Crippen LogP contribution >= 0.6 is 0 Å². The third kappa shape index (κ3) is 3.06. The van der Waals surface area contributed by atoms with Crippen molar-refractivity contribution in [2.45, 2.75) is 20.8 Å². The lowest BCUT2D eigenvalue weighted by atomic mass is 10.1. The molecule has 1 amide bonds. The molecule has 1 aromatic carbocycles. The molecule has 17 heavy (non-hydrogen) atoms. The van der Waals surface area contributed by atoms with Crippen molar-refractivity contribution in [1.82, 2.24) is 0 Å². The second-order valence-electron chi connectivity index (χ2n) is 3.87. The molecule has 4 heteroatoms. The number of anilines is 1. The Labute approximate surface area is 101 Å². The van der Waals surface area contributed by atoms with Crippen molar-refractivity contribution < 1.29 is 14.3 Å². The third-order valence-corrected chi connectivity index (χ3v) is 2.48. The standard InChI is InChI=1S/C13H17NO3/c1-5-17-13(16)12(15)14(4)11-8-9(2)6-7-10(11)3/h6-8H,5H2,1-4H3. The van der Waals surface area contributed by atoms with Crippen LogP contribution in [-0.4, -0.2) is 25.5 Å². The number of hydrogen-bond donors (Lipinski definition) is 0. The molecule has 92 valence electrons. The van der Waals surface area contributed by atoms with Crippen molar-refractivity contribution in [2.24, 2.45) is 0 Å². The molecule has 0 N–H and O–H groups in total. The molecular weight excluding hydrogens is 218 g/mol. The van der Waals surface area contributed by atoms with E-state index in [0.29, 0.717) is 0 Å². The molecule has 0 atom stereocenters. The quantitative estimate of drug-likeness (QED) is 0.580. The Hall–Kier alpha value is -1.84. The number of carbonyl (C=O) groups is 2. The summed E-state index contributed by atoms with van der Waals surface area (Å²) in [7, 11) is 1.57. The van der Waals surface area contributed by atoms with Crippen molar-refractivity contribution in [3.63, 3.8) is 0 Å². The lowest BCUT2D eigenvalue weighted by Gasteiger charge is -2.18. The maximum absolute atomic E-state index is 11.7. The molecule has 1 rings (SSSR count). The van der Waals surface area contributed by atoms with Crippen molar-refractivity contribution in [2.75, 3.05) is 18.6 Å². The van der Waals surface area contributed by atoms with Crippen LogP contribution < -0.4 is 4.90 Å². The van der Waals surface area contributed by atoms with Gasteiger partial charge in [-0.3, -0.25) is 4.79 Å². The molecule has 1 aromatic rings. The third-order valence-electron chi connectivity index (χ3n) is 2.48. The topological polar surface area (TPSA) is 46.6 Å². The Bertz CT molecular complexity index is 440. The highest BCUT2D eigenvalue weighted by molar-refractivity contribution is 6.38. The van der Waals surface area contributed by atoms with Gasteiger partial charge in [0.25, 0.3) is 0 Å². The summed E-state index contributed by atoms with van der Waals surface area (Å²) in [6.07, 6.45) is 0. The van der Waals surface area contributed by atoms with Gasteiger partial charge in [0.15, 0.2) is 0 Å². The Kier molecular flexibility index (Phi) is 4.26. The number of ether oxygens (including phenoxy) is 1. The molecule has 0 saturated carbocycles. The zero-order valence-corrected chi connectivity index (χ0v) is 10.6. The monoisotopic (exact) mass is 235 g/mol. The molecular formula is C13H17NO3. The van der Waals surface area contributed by atoms with Crippen molar-refractivity contribution in [3.05, 3.63) is 29.3 Å². The van der Waals surface area contributed by atoms with E-state index < -0.39 is 11.9 Å². The lowest BCUT2D eigenvalue weighted by molar-refractivity contribution is -0.153. The van der Waals surface area contributed by atoms with Gasteiger partial charge < -0.3 is 9.64 Å². The average Bonchev–Trinajstić information content (AvgIpc) is 2.30. The van der Waals surface area contributed by atoms with E-state index in [1.165, 1.54) is 4.90 Å². The van der Waals surface area contributed by atoms with E-state index in [-0.39, 0.29) is 6.61 Å². The van der Waals surface area contributed by atoms with Gasteiger partial charge in [-0.1, -0.05) is 12.1 Å². The van der Waals surface area contributed by atoms with Crippen LogP contribution in [0, 0.1) is 13.8 Å². The van der Waals surface area contributed by atoms with E-state index >= 15 is 0 Å². The molecule has 0 saturated heterocycles. The second kappa shape index (κ2) is 5.48. The highest BCUT2D eigenvalue weighted by Gasteiger charge is 2.22. The first-order valence-electron chi connectivity index (χ1n) is 5.49. The van der Waals surface area contributed by atoms with Gasteiger partial charge in [0.1, 0.15) is 0 Å². The van der Waals surface area contributed by atoms with E-state index in [9.17, 15) is 9.59 Å². The molecule has 0 unspecified atom stereocenters. The number of aryl methyl sites for hydroxylation is 2. The minimum absolute atomic E-state index is 0.200. The molecule has 0 aliphatic carbocycles. The first-order chi connectivity index (χ1) is 7.97. The average molecular weight is 235 g/mol. The number of nitrogens with zero attached hydrogens (tertiary/aromatic N) is 1. The minimum atomic E-state index is -0.823. The Morgan fingerprint density at radius 3 is 2.53 bits per heavy atom. The molecule has 0 aliphatic rings. The summed E-state index contributed by atoms with van der Waals surface area (Å²) in [6, 6.07) is 5.74. The largest absolute Gasteiger partial charge is 0.459 e. The molecule has 0 aliphatic heterocycles. The summed E-state index contributed by atoms with van der Waals surface area (Å²) in [5.74, 6) is -1.48.